The van der Waals surface area contributed by atoms with Gasteiger partial charge in [0.15, 0.2) is 0 Å². The molecule has 3 heteroatoms. The van der Waals surface area contributed by atoms with E-state index in [0.717, 1.165) is 25.2 Å². The van der Waals surface area contributed by atoms with E-state index in [1.165, 1.54) is 0 Å². The molecule has 0 heterocycles. The Kier molecular flexibility index (Phi) is 3.94. The van der Waals surface area contributed by atoms with Gasteiger partial charge in [0.05, 0.1) is 6.07 Å². The first kappa shape index (κ1) is 11.0. The molecule has 0 aromatic carbocycles. The lowest BCUT2D eigenvalue weighted by Gasteiger charge is -2.33. The van der Waals surface area contributed by atoms with Crippen LogP contribution < -0.4 is 5.32 Å². The van der Waals surface area contributed by atoms with Crippen molar-refractivity contribution in [3.8, 4) is 6.07 Å². The van der Waals surface area contributed by atoms with E-state index in [1.54, 1.807) is 0 Å². The van der Waals surface area contributed by atoms with Gasteiger partial charge in [0.25, 0.3) is 0 Å². The predicted octanol–water partition coefficient (Wildman–Crippen LogP) is 1.84. The Labute approximate surface area is 85.5 Å². The number of nitriles is 1. The van der Waals surface area contributed by atoms with E-state index in [-0.39, 0.29) is 5.91 Å². The van der Waals surface area contributed by atoms with Gasteiger partial charge in [-0.25, -0.2) is 0 Å². The zero-order valence-corrected chi connectivity index (χ0v) is 8.92. The van der Waals surface area contributed by atoms with Crippen molar-refractivity contribution in [2.45, 2.75) is 45.6 Å². The summed E-state index contributed by atoms with van der Waals surface area (Å²) in [5, 5.41) is 11.7. The summed E-state index contributed by atoms with van der Waals surface area (Å²) in [6, 6.07) is 2.38. The van der Waals surface area contributed by atoms with E-state index in [1.807, 2.05) is 6.92 Å². The molecule has 1 rings (SSSR count). The maximum Gasteiger partial charge on any atom is 0.237 e. The van der Waals surface area contributed by atoms with E-state index in [0.29, 0.717) is 12.5 Å². The molecule has 1 amide bonds. The maximum atomic E-state index is 11.5. The van der Waals surface area contributed by atoms with Crippen LogP contribution in [0.3, 0.4) is 0 Å². The fourth-order valence-corrected chi connectivity index (χ4v) is 1.86. The molecule has 0 bridgehead atoms. The normalized spacial score (nSPS) is 27.2. The molecule has 1 aliphatic carbocycles. The molecule has 1 N–H and O–H groups in total. The van der Waals surface area contributed by atoms with E-state index in [4.69, 9.17) is 5.26 Å². The van der Waals surface area contributed by atoms with Crippen LogP contribution in [0.25, 0.3) is 0 Å². The first-order valence-corrected chi connectivity index (χ1v) is 5.37. The minimum Gasteiger partial charge on any atom is -0.352 e. The lowest BCUT2D eigenvalue weighted by Crippen LogP contribution is -2.45. The number of amides is 1. The second-order valence-electron chi connectivity index (χ2n) is 4.25. The summed E-state index contributed by atoms with van der Waals surface area (Å²) < 4.78 is 0. The van der Waals surface area contributed by atoms with E-state index in [9.17, 15) is 4.79 Å². The van der Waals surface area contributed by atoms with Gasteiger partial charge in [0.2, 0.25) is 5.91 Å². The minimum absolute atomic E-state index is 0.0775. The molecular weight excluding hydrogens is 176 g/mol. The third kappa shape index (κ3) is 2.73. The lowest BCUT2D eigenvalue weighted by molar-refractivity contribution is -0.125. The van der Waals surface area contributed by atoms with E-state index in [2.05, 4.69) is 18.3 Å². The topological polar surface area (TPSA) is 52.9 Å². The van der Waals surface area contributed by atoms with Crippen LogP contribution in [0.15, 0.2) is 0 Å². The third-order valence-electron chi connectivity index (χ3n) is 2.77. The Bertz CT molecular complexity index is 238. The molecule has 0 aromatic heterocycles. The van der Waals surface area contributed by atoms with Gasteiger partial charge in [0.1, 0.15) is 5.92 Å². The zero-order chi connectivity index (χ0) is 10.6. The van der Waals surface area contributed by atoms with Crippen LogP contribution in [0.1, 0.15) is 39.5 Å². The Morgan fingerprint density at radius 2 is 2.29 bits per heavy atom. The summed E-state index contributed by atoms with van der Waals surface area (Å²) in [6.07, 6.45) is 3.68. The monoisotopic (exact) mass is 194 g/mol. The van der Waals surface area contributed by atoms with Gasteiger partial charge in [-0.05, 0) is 25.2 Å². The summed E-state index contributed by atoms with van der Waals surface area (Å²) in [6.45, 7) is 4.17. The molecule has 0 saturated heterocycles. The number of rotatable bonds is 4. The predicted molar refractivity (Wildman–Crippen MR) is 54.3 cm³/mol. The highest BCUT2D eigenvalue weighted by Crippen LogP contribution is 2.26. The van der Waals surface area contributed by atoms with Crippen molar-refractivity contribution in [1.29, 1.82) is 5.26 Å². The summed E-state index contributed by atoms with van der Waals surface area (Å²) in [4.78, 5) is 11.5. The van der Waals surface area contributed by atoms with Crippen LogP contribution in [0.2, 0.25) is 0 Å². The molecule has 1 unspecified atom stereocenters. The second-order valence-corrected chi connectivity index (χ2v) is 4.25. The molecule has 3 nitrogen and oxygen atoms in total. The van der Waals surface area contributed by atoms with E-state index >= 15 is 0 Å². The summed E-state index contributed by atoms with van der Waals surface area (Å²) in [7, 11) is 0. The molecular formula is C11H18N2O. The first-order chi connectivity index (χ1) is 6.67. The first-order valence-electron chi connectivity index (χ1n) is 5.37. The highest BCUT2D eigenvalue weighted by Gasteiger charge is 2.28. The number of hydrogen-bond acceptors (Lipinski definition) is 2. The number of nitrogens with one attached hydrogen (secondary N) is 1. The number of carbonyl (C=O) groups excluding carboxylic acids is 1. The highest BCUT2D eigenvalue weighted by atomic mass is 16.1. The number of carbonyl (C=O) groups is 1. The van der Waals surface area contributed by atoms with Crippen molar-refractivity contribution >= 4 is 5.91 Å². The van der Waals surface area contributed by atoms with Crippen molar-refractivity contribution in [2.24, 2.45) is 11.8 Å². The number of hydrogen-bond donors (Lipinski definition) is 1. The average molecular weight is 194 g/mol. The van der Waals surface area contributed by atoms with Gasteiger partial charge >= 0.3 is 0 Å². The molecule has 14 heavy (non-hydrogen) atoms. The van der Waals surface area contributed by atoms with Crippen LogP contribution in [0.5, 0.6) is 0 Å². The Morgan fingerprint density at radius 3 is 2.71 bits per heavy atom. The summed E-state index contributed by atoms with van der Waals surface area (Å²) in [5.74, 6) is 0.203. The van der Waals surface area contributed by atoms with Crippen LogP contribution in [-0.4, -0.2) is 11.9 Å². The smallest absolute Gasteiger partial charge is 0.237 e. The molecule has 0 aromatic rings. The van der Waals surface area contributed by atoms with Gasteiger partial charge in [0, 0.05) is 6.04 Å². The Hall–Kier alpha value is -1.04. The van der Waals surface area contributed by atoms with Crippen LogP contribution in [-0.2, 0) is 4.79 Å². The molecule has 78 valence electrons. The van der Waals surface area contributed by atoms with Gasteiger partial charge < -0.3 is 5.32 Å². The standard InChI is InChI=1S/C11H18N2O/c1-3-4-9(7-12)11(14)13-10-5-8(2)6-10/h8-10H,3-6H2,1-2H3,(H,13,14). The summed E-state index contributed by atoms with van der Waals surface area (Å²) in [5.41, 5.74) is 0. The van der Waals surface area contributed by atoms with Crippen molar-refractivity contribution < 1.29 is 4.79 Å². The molecule has 1 atom stereocenters. The zero-order valence-electron chi connectivity index (χ0n) is 8.92. The molecule has 0 aliphatic heterocycles. The molecule has 0 radical (unpaired) electrons. The van der Waals surface area contributed by atoms with Crippen molar-refractivity contribution in [1.82, 2.24) is 5.32 Å². The third-order valence-corrected chi connectivity index (χ3v) is 2.77. The fourth-order valence-electron chi connectivity index (χ4n) is 1.86. The van der Waals surface area contributed by atoms with Gasteiger partial charge in [-0.2, -0.15) is 5.26 Å². The van der Waals surface area contributed by atoms with Crippen molar-refractivity contribution in [3.63, 3.8) is 0 Å². The second kappa shape index (κ2) is 4.99. The highest BCUT2D eigenvalue weighted by molar-refractivity contribution is 5.81. The fraction of sp³-hybridized carbons (Fsp3) is 0.818. The number of nitrogens with zero attached hydrogens (tertiary/aromatic N) is 1. The quantitative estimate of drug-likeness (QED) is 0.742. The Morgan fingerprint density at radius 1 is 1.64 bits per heavy atom. The minimum atomic E-state index is -0.448. The molecule has 1 aliphatic rings. The van der Waals surface area contributed by atoms with Gasteiger partial charge in [-0.3, -0.25) is 4.79 Å². The lowest BCUT2D eigenvalue weighted by atomic mass is 9.81. The maximum absolute atomic E-state index is 11.5. The Balaban J connectivity index is 2.30. The summed E-state index contributed by atoms with van der Waals surface area (Å²) >= 11 is 0. The SMILES string of the molecule is CCCC(C#N)C(=O)NC1CC(C)C1. The average Bonchev–Trinajstić information content (AvgIpc) is 2.11. The molecule has 1 fully saturated rings. The largest absolute Gasteiger partial charge is 0.352 e. The van der Waals surface area contributed by atoms with Crippen molar-refractivity contribution in [3.05, 3.63) is 0 Å². The van der Waals surface area contributed by atoms with Crippen LogP contribution in [0, 0.1) is 23.2 Å². The van der Waals surface area contributed by atoms with Crippen LogP contribution >= 0.6 is 0 Å². The van der Waals surface area contributed by atoms with Gasteiger partial charge in [-0.15, -0.1) is 0 Å². The molecule has 0 spiro atoms. The van der Waals surface area contributed by atoms with Gasteiger partial charge in [-0.1, -0.05) is 20.3 Å². The van der Waals surface area contributed by atoms with Crippen molar-refractivity contribution in [2.75, 3.05) is 0 Å². The van der Waals surface area contributed by atoms with E-state index < -0.39 is 5.92 Å². The molecule has 1 saturated carbocycles. The van der Waals surface area contributed by atoms with Crippen LogP contribution in [0.4, 0.5) is 0 Å².